The van der Waals surface area contributed by atoms with E-state index >= 15 is 0 Å². The van der Waals surface area contributed by atoms with Gasteiger partial charge in [-0.2, -0.15) is 5.10 Å². The van der Waals surface area contributed by atoms with Crippen molar-refractivity contribution < 1.29 is 4.79 Å². The fraction of sp³-hybridized carbons (Fsp3) is 0. The van der Waals surface area contributed by atoms with E-state index in [4.69, 9.17) is 5.73 Å². The summed E-state index contributed by atoms with van der Waals surface area (Å²) in [4.78, 5) is 10.3. The van der Waals surface area contributed by atoms with Crippen LogP contribution in [0.4, 0.5) is 0 Å². The molecule has 4 N–H and O–H groups in total. The summed E-state index contributed by atoms with van der Waals surface area (Å²) in [5.41, 5.74) is 4.93. The third-order valence-electron chi connectivity index (χ3n) is 0.577. The molecule has 0 aliphatic heterocycles. The van der Waals surface area contributed by atoms with Crippen LogP contribution >= 0.6 is 0 Å². The average molecular weight is 113 g/mol. The van der Waals surface area contributed by atoms with E-state index in [0.717, 1.165) is 6.08 Å². The van der Waals surface area contributed by atoms with E-state index in [1.807, 2.05) is 0 Å². The smallest absolute Gasteiger partial charge is 0.221 e. The molecule has 0 amide bonds. The summed E-state index contributed by atoms with van der Waals surface area (Å²) in [5, 5.41) is 2.93. The van der Waals surface area contributed by atoms with E-state index in [1.54, 1.807) is 0 Å². The van der Waals surface area contributed by atoms with Gasteiger partial charge in [-0.25, -0.2) is 0 Å². The summed E-state index contributed by atoms with van der Waals surface area (Å²) >= 11 is 0. The minimum Gasteiger partial charge on any atom is -0.379 e. The van der Waals surface area contributed by atoms with Gasteiger partial charge in [0.15, 0.2) is 5.84 Å². The van der Waals surface area contributed by atoms with Crippen molar-refractivity contribution in [3.05, 3.63) is 12.7 Å². The van der Waals surface area contributed by atoms with Gasteiger partial charge in [0.2, 0.25) is 5.78 Å². The molecule has 0 atom stereocenters. The van der Waals surface area contributed by atoms with Crippen molar-refractivity contribution in [2.24, 2.45) is 16.7 Å². The number of rotatable bonds is 2. The van der Waals surface area contributed by atoms with Crippen molar-refractivity contribution in [3.63, 3.8) is 0 Å². The van der Waals surface area contributed by atoms with Gasteiger partial charge in [0, 0.05) is 0 Å². The van der Waals surface area contributed by atoms with E-state index in [2.05, 4.69) is 17.5 Å². The van der Waals surface area contributed by atoms with Gasteiger partial charge < -0.3 is 11.6 Å². The fourth-order valence-electron chi connectivity index (χ4n) is 0.168. The first-order chi connectivity index (χ1) is 3.72. The number of carbonyl (C=O) groups excluding carboxylic acids is 1. The zero-order valence-corrected chi connectivity index (χ0v) is 4.29. The second-order valence-electron chi connectivity index (χ2n) is 1.08. The van der Waals surface area contributed by atoms with Crippen molar-refractivity contribution in [3.8, 4) is 0 Å². The lowest BCUT2D eigenvalue weighted by Crippen LogP contribution is -2.22. The molecule has 8 heavy (non-hydrogen) atoms. The molecule has 0 radical (unpaired) electrons. The Balaban J connectivity index is 4.03. The van der Waals surface area contributed by atoms with Crippen molar-refractivity contribution in [1.82, 2.24) is 0 Å². The van der Waals surface area contributed by atoms with Crippen molar-refractivity contribution >= 4 is 11.6 Å². The molecular weight excluding hydrogens is 106 g/mol. The SMILES string of the molecule is C=CC(=O)/C(N)=N\N. The number of hydrazone groups is 1. The molecule has 0 aliphatic carbocycles. The molecule has 0 saturated heterocycles. The van der Waals surface area contributed by atoms with Crippen LogP contribution in [0.5, 0.6) is 0 Å². The molecule has 0 fully saturated rings. The molecule has 0 rings (SSSR count). The molecule has 0 unspecified atom stereocenters. The van der Waals surface area contributed by atoms with E-state index in [9.17, 15) is 4.79 Å². The van der Waals surface area contributed by atoms with Gasteiger partial charge in [0.25, 0.3) is 0 Å². The molecule has 4 nitrogen and oxygen atoms in total. The van der Waals surface area contributed by atoms with Crippen LogP contribution in [0.15, 0.2) is 17.8 Å². The zero-order chi connectivity index (χ0) is 6.57. The van der Waals surface area contributed by atoms with Gasteiger partial charge in [-0.3, -0.25) is 4.79 Å². The third-order valence-corrected chi connectivity index (χ3v) is 0.577. The number of hydrogen-bond acceptors (Lipinski definition) is 3. The molecule has 4 heteroatoms. The highest BCUT2D eigenvalue weighted by atomic mass is 16.1. The van der Waals surface area contributed by atoms with E-state index in [0.29, 0.717) is 0 Å². The summed E-state index contributed by atoms with van der Waals surface area (Å²) < 4.78 is 0. The summed E-state index contributed by atoms with van der Waals surface area (Å²) in [5.74, 6) is 3.97. The molecule has 0 spiro atoms. The van der Waals surface area contributed by atoms with Crippen molar-refractivity contribution in [2.75, 3.05) is 0 Å². The minimum atomic E-state index is -0.451. The lowest BCUT2D eigenvalue weighted by Gasteiger charge is -1.86. The maximum absolute atomic E-state index is 10.3. The summed E-state index contributed by atoms with van der Waals surface area (Å²) in [6.07, 6.45) is 1.05. The first kappa shape index (κ1) is 6.68. The van der Waals surface area contributed by atoms with Crippen molar-refractivity contribution in [2.45, 2.75) is 0 Å². The summed E-state index contributed by atoms with van der Waals surface area (Å²) in [6.45, 7) is 3.16. The standard InChI is InChI=1S/C4H7N3O/c1-2-3(8)4(5)7-6/h2H,1,6H2,(H2,5,7). The van der Waals surface area contributed by atoms with Crippen LogP contribution in [0, 0.1) is 0 Å². The normalized spacial score (nSPS) is 10.8. The first-order valence-corrected chi connectivity index (χ1v) is 1.92. The Bertz CT molecular complexity index is 138. The monoisotopic (exact) mass is 113 g/mol. The van der Waals surface area contributed by atoms with Crippen LogP contribution in [0.2, 0.25) is 0 Å². The molecule has 0 bridgehead atoms. The predicted molar refractivity (Wildman–Crippen MR) is 31.0 cm³/mol. The predicted octanol–water partition coefficient (Wildman–Crippen LogP) is -1.03. The summed E-state index contributed by atoms with van der Waals surface area (Å²) in [6, 6.07) is 0. The number of nitrogens with zero attached hydrogens (tertiary/aromatic N) is 1. The first-order valence-electron chi connectivity index (χ1n) is 1.92. The van der Waals surface area contributed by atoms with Gasteiger partial charge in [-0.1, -0.05) is 6.58 Å². The van der Waals surface area contributed by atoms with Crippen LogP contribution in [0.25, 0.3) is 0 Å². The quantitative estimate of drug-likeness (QED) is 0.158. The van der Waals surface area contributed by atoms with E-state index < -0.39 is 5.78 Å². The third kappa shape index (κ3) is 1.42. The van der Waals surface area contributed by atoms with Gasteiger partial charge in [-0.15, -0.1) is 0 Å². The molecule has 0 aromatic rings. The number of hydrogen-bond donors (Lipinski definition) is 2. The molecule has 0 heterocycles. The molecule has 44 valence electrons. The van der Waals surface area contributed by atoms with E-state index in [1.165, 1.54) is 0 Å². The van der Waals surface area contributed by atoms with Crippen LogP contribution in [0.1, 0.15) is 0 Å². The fourth-order valence-corrected chi connectivity index (χ4v) is 0.168. The van der Waals surface area contributed by atoms with E-state index in [-0.39, 0.29) is 5.84 Å². The highest BCUT2D eigenvalue weighted by molar-refractivity contribution is 6.42. The second kappa shape index (κ2) is 2.79. The Morgan fingerprint density at radius 1 is 1.75 bits per heavy atom. The second-order valence-corrected chi connectivity index (χ2v) is 1.08. The largest absolute Gasteiger partial charge is 0.379 e. The minimum absolute atomic E-state index is 0.222. The number of amidine groups is 1. The Labute approximate surface area is 46.9 Å². The van der Waals surface area contributed by atoms with Crippen LogP contribution in [-0.4, -0.2) is 11.6 Å². The molecule has 0 saturated carbocycles. The van der Waals surface area contributed by atoms with Gasteiger partial charge in [0.05, 0.1) is 0 Å². The van der Waals surface area contributed by atoms with Gasteiger partial charge >= 0.3 is 0 Å². The van der Waals surface area contributed by atoms with Crippen molar-refractivity contribution in [1.29, 1.82) is 0 Å². The van der Waals surface area contributed by atoms with Gasteiger partial charge in [0.1, 0.15) is 0 Å². The average Bonchev–Trinajstić information content (AvgIpc) is 1.84. The number of carbonyl (C=O) groups is 1. The lowest BCUT2D eigenvalue weighted by molar-refractivity contribution is -0.108. The summed E-state index contributed by atoms with van der Waals surface area (Å²) in [7, 11) is 0. The van der Waals surface area contributed by atoms with Gasteiger partial charge in [-0.05, 0) is 6.08 Å². The maximum Gasteiger partial charge on any atom is 0.221 e. The maximum atomic E-state index is 10.3. The molecule has 0 aromatic heterocycles. The zero-order valence-electron chi connectivity index (χ0n) is 4.29. The highest BCUT2D eigenvalue weighted by Crippen LogP contribution is 1.69. The van der Waals surface area contributed by atoms with Crippen LogP contribution in [-0.2, 0) is 4.79 Å². The number of ketones is 1. The Kier molecular flexibility index (Phi) is 2.33. The Morgan fingerprint density at radius 3 is 2.38 bits per heavy atom. The highest BCUT2D eigenvalue weighted by Gasteiger charge is 1.97. The molecule has 0 aliphatic rings. The van der Waals surface area contributed by atoms with Crippen LogP contribution < -0.4 is 11.6 Å². The molecular formula is C4H7N3O. The number of nitrogens with two attached hydrogens (primary N) is 2. The van der Waals surface area contributed by atoms with Crippen LogP contribution in [0.3, 0.4) is 0 Å². The Hall–Kier alpha value is -1.32. The lowest BCUT2D eigenvalue weighted by atomic mass is 10.4. The Morgan fingerprint density at radius 2 is 2.25 bits per heavy atom. The molecule has 0 aromatic carbocycles. The topological polar surface area (TPSA) is 81.5 Å².